The summed E-state index contributed by atoms with van der Waals surface area (Å²) in [4.78, 5) is 32.5. The molecule has 1 aliphatic carbocycles. The smallest absolute Gasteiger partial charge is 0.339 e. The number of ether oxygens (including phenoxy) is 1. The molecule has 1 amide bonds. The fourth-order valence-corrected chi connectivity index (χ4v) is 4.91. The van der Waals surface area contributed by atoms with E-state index in [2.05, 4.69) is 18.2 Å². The molecule has 0 radical (unpaired) electrons. The van der Waals surface area contributed by atoms with Gasteiger partial charge in [-0.1, -0.05) is 79.9 Å². The first-order valence-electron chi connectivity index (χ1n) is 11.9. The lowest BCUT2D eigenvalue weighted by Crippen LogP contribution is -2.40. The van der Waals surface area contributed by atoms with Crippen LogP contribution in [0.2, 0.25) is 0 Å². The van der Waals surface area contributed by atoms with Gasteiger partial charge in [0.2, 0.25) is 0 Å². The maximum atomic E-state index is 13.2. The van der Waals surface area contributed by atoms with Gasteiger partial charge in [-0.3, -0.25) is 4.79 Å². The van der Waals surface area contributed by atoms with Gasteiger partial charge in [0.05, 0.1) is 16.8 Å². The van der Waals surface area contributed by atoms with E-state index in [9.17, 15) is 9.59 Å². The van der Waals surface area contributed by atoms with Crippen LogP contribution in [0.4, 0.5) is 0 Å². The van der Waals surface area contributed by atoms with Crippen molar-refractivity contribution >= 4 is 33.6 Å². The highest BCUT2D eigenvalue weighted by atomic mass is 16.5. The molecule has 1 saturated carbocycles. The molecule has 172 valence electrons. The molecular formula is C29H28N2O3. The van der Waals surface area contributed by atoms with E-state index in [0.29, 0.717) is 22.2 Å². The largest absolute Gasteiger partial charge is 0.452 e. The summed E-state index contributed by atoms with van der Waals surface area (Å²) in [7, 11) is 1.81. The summed E-state index contributed by atoms with van der Waals surface area (Å²) in [5, 5.41) is 2.89. The fraction of sp³-hybridized carbons (Fsp3) is 0.276. The molecule has 1 aliphatic rings. The van der Waals surface area contributed by atoms with Gasteiger partial charge in [0, 0.05) is 24.0 Å². The zero-order valence-electron chi connectivity index (χ0n) is 19.4. The number of pyridine rings is 1. The van der Waals surface area contributed by atoms with E-state index in [-0.39, 0.29) is 18.6 Å². The molecule has 1 aromatic heterocycles. The Labute approximate surface area is 199 Å². The Bertz CT molecular complexity index is 1350. The maximum Gasteiger partial charge on any atom is 0.339 e. The molecule has 5 heteroatoms. The summed E-state index contributed by atoms with van der Waals surface area (Å²) in [5.41, 5.74) is 2.78. The van der Waals surface area contributed by atoms with Crippen molar-refractivity contribution in [1.29, 1.82) is 0 Å². The highest BCUT2D eigenvalue weighted by Crippen LogP contribution is 2.31. The summed E-state index contributed by atoms with van der Waals surface area (Å²) in [6.45, 7) is -0.258. The third-order valence-electron chi connectivity index (χ3n) is 6.84. The van der Waals surface area contributed by atoms with Crippen molar-refractivity contribution < 1.29 is 14.3 Å². The third kappa shape index (κ3) is 4.38. The Kier molecular flexibility index (Phi) is 6.26. The predicted octanol–water partition coefficient (Wildman–Crippen LogP) is 6.00. The number of nitrogens with zero attached hydrogens (tertiary/aromatic N) is 2. The van der Waals surface area contributed by atoms with E-state index < -0.39 is 5.97 Å². The van der Waals surface area contributed by atoms with Crippen LogP contribution < -0.4 is 0 Å². The van der Waals surface area contributed by atoms with Gasteiger partial charge in [0.15, 0.2) is 6.61 Å². The molecule has 4 aromatic rings. The molecule has 0 unspecified atom stereocenters. The quantitative estimate of drug-likeness (QED) is 0.348. The Morgan fingerprint density at radius 1 is 0.912 bits per heavy atom. The summed E-state index contributed by atoms with van der Waals surface area (Å²) in [6.07, 6.45) is 5.53. The molecule has 1 fully saturated rings. The summed E-state index contributed by atoms with van der Waals surface area (Å²) >= 11 is 0. The van der Waals surface area contributed by atoms with Crippen molar-refractivity contribution in [2.24, 2.45) is 0 Å². The van der Waals surface area contributed by atoms with Crippen molar-refractivity contribution in [3.63, 3.8) is 0 Å². The van der Waals surface area contributed by atoms with E-state index >= 15 is 0 Å². The molecule has 1 heterocycles. The summed E-state index contributed by atoms with van der Waals surface area (Å²) < 4.78 is 5.53. The zero-order valence-corrected chi connectivity index (χ0v) is 19.4. The molecule has 0 N–H and O–H groups in total. The van der Waals surface area contributed by atoms with Gasteiger partial charge in [-0.2, -0.15) is 0 Å². The van der Waals surface area contributed by atoms with Gasteiger partial charge < -0.3 is 9.64 Å². The lowest BCUT2D eigenvalue weighted by atomic mass is 9.94. The first-order chi connectivity index (χ1) is 16.6. The second-order valence-electron chi connectivity index (χ2n) is 8.97. The summed E-state index contributed by atoms with van der Waals surface area (Å²) in [6, 6.07) is 23.7. The van der Waals surface area contributed by atoms with Crippen LogP contribution in [0, 0.1) is 0 Å². The number of benzene rings is 3. The third-order valence-corrected chi connectivity index (χ3v) is 6.84. The molecule has 3 aromatic carbocycles. The van der Waals surface area contributed by atoms with E-state index in [1.165, 1.54) is 6.42 Å². The minimum Gasteiger partial charge on any atom is -0.452 e. The van der Waals surface area contributed by atoms with Gasteiger partial charge in [-0.05, 0) is 35.7 Å². The fourth-order valence-electron chi connectivity index (χ4n) is 4.91. The number of fused-ring (bicyclic) bond motifs is 2. The SMILES string of the molecule is CN(C(=O)COC(=O)c1cc(-c2cccc3ccccc23)nc2ccccc12)C1CCCCC1. The Morgan fingerprint density at radius 2 is 1.62 bits per heavy atom. The molecule has 5 nitrogen and oxygen atoms in total. The molecule has 5 rings (SSSR count). The van der Waals surface area contributed by atoms with Crippen molar-refractivity contribution in [2.45, 2.75) is 38.1 Å². The molecule has 0 bridgehead atoms. The second kappa shape index (κ2) is 9.64. The van der Waals surface area contributed by atoms with Crippen molar-refractivity contribution in [1.82, 2.24) is 9.88 Å². The highest BCUT2D eigenvalue weighted by molar-refractivity contribution is 6.06. The molecule has 34 heavy (non-hydrogen) atoms. The number of esters is 1. The van der Waals surface area contributed by atoms with Crippen molar-refractivity contribution in [2.75, 3.05) is 13.7 Å². The number of carbonyl (C=O) groups is 2. The Balaban J connectivity index is 1.44. The van der Waals surface area contributed by atoms with E-state index in [1.807, 2.05) is 55.6 Å². The second-order valence-corrected chi connectivity index (χ2v) is 8.97. The minimum absolute atomic E-state index is 0.159. The van der Waals surface area contributed by atoms with Crippen molar-refractivity contribution in [3.8, 4) is 11.3 Å². The number of aromatic nitrogens is 1. The van der Waals surface area contributed by atoms with Crippen LogP contribution in [-0.2, 0) is 9.53 Å². The lowest BCUT2D eigenvalue weighted by Gasteiger charge is -2.31. The van der Waals surface area contributed by atoms with Crippen molar-refractivity contribution in [3.05, 3.63) is 78.4 Å². The van der Waals surface area contributed by atoms with Gasteiger partial charge in [0.1, 0.15) is 0 Å². The van der Waals surface area contributed by atoms with Crippen LogP contribution >= 0.6 is 0 Å². The van der Waals surface area contributed by atoms with Crippen LogP contribution in [0.5, 0.6) is 0 Å². The zero-order chi connectivity index (χ0) is 23.5. The van der Waals surface area contributed by atoms with E-state index in [4.69, 9.17) is 9.72 Å². The number of rotatable bonds is 5. The maximum absolute atomic E-state index is 13.2. The van der Waals surface area contributed by atoms with Crippen LogP contribution in [-0.4, -0.2) is 41.5 Å². The molecule has 0 aliphatic heterocycles. The average molecular weight is 453 g/mol. The first-order valence-corrected chi connectivity index (χ1v) is 11.9. The van der Waals surface area contributed by atoms with Crippen LogP contribution in [0.25, 0.3) is 32.9 Å². The van der Waals surface area contributed by atoms with Crippen LogP contribution in [0.15, 0.2) is 72.8 Å². The number of para-hydroxylation sites is 1. The van der Waals surface area contributed by atoms with Crippen LogP contribution in [0.3, 0.4) is 0 Å². The number of amides is 1. The molecular weight excluding hydrogens is 424 g/mol. The number of hydrogen-bond acceptors (Lipinski definition) is 4. The molecule has 0 spiro atoms. The van der Waals surface area contributed by atoms with Gasteiger partial charge in [-0.15, -0.1) is 0 Å². The lowest BCUT2D eigenvalue weighted by molar-refractivity contribution is -0.135. The summed E-state index contributed by atoms with van der Waals surface area (Å²) in [5.74, 6) is -0.668. The van der Waals surface area contributed by atoms with Gasteiger partial charge in [0.25, 0.3) is 5.91 Å². The normalized spacial score (nSPS) is 14.3. The van der Waals surface area contributed by atoms with E-state index in [0.717, 1.165) is 42.0 Å². The highest BCUT2D eigenvalue weighted by Gasteiger charge is 2.24. The van der Waals surface area contributed by atoms with E-state index in [1.54, 1.807) is 11.0 Å². The predicted molar refractivity (Wildman–Crippen MR) is 135 cm³/mol. The Hall–Kier alpha value is -3.73. The monoisotopic (exact) mass is 452 g/mol. The topological polar surface area (TPSA) is 59.5 Å². The first kappa shape index (κ1) is 22.1. The van der Waals surface area contributed by atoms with Gasteiger partial charge >= 0.3 is 5.97 Å². The standard InChI is InChI=1S/C29H28N2O3/c1-31(21-12-3-2-4-13-21)28(32)19-34-29(33)25-18-27(30-26-17-8-7-15-24(25)26)23-16-9-11-20-10-5-6-14-22(20)23/h5-11,14-18,21H,2-4,12-13,19H2,1H3. The average Bonchev–Trinajstić information content (AvgIpc) is 2.90. The Morgan fingerprint density at radius 3 is 2.44 bits per heavy atom. The number of carbonyl (C=O) groups excluding carboxylic acids is 2. The minimum atomic E-state index is -0.509. The number of likely N-dealkylation sites (N-methyl/N-ethyl adjacent to an activating group) is 1. The van der Waals surface area contributed by atoms with Gasteiger partial charge in [-0.25, -0.2) is 9.78 Å². The van der Waals surface area contributed by atoms with Crippen LogP contribution in [0.1, 0.15) is 42.5 Å². The number of hydrogen-bond donors (Lipinski definition) is 0. The molecule has 0 saturated heterocycles. The molecule has 0 atom stereocenters.